The summed E-state index contributed by atoms with van der Waals surface area (Å²) in [6, 6.07) is 6.57. The normalized spacial score (nSPS) is 13.6. The molecule has 39 heavy (non-hydrogen) atoms. The van der Waals surface area contributed by atoms with E-state index in [0.717, 1.165) is 0 Å². The zero-order valence-corrected chi connectivity index (χ0v) is 23.4. The Balaban J connectivity index is 1.78. The Labute approximate surface area is 228 Å². The van der Waals surface area contributed by atoms with Crippen LogP contribution in [-0.2, 0) is 18.2 Å². The molecule has 0 aliphatic rings. The highest BCUT2D eigenvalue weighted by molar-refractivity contribution is 7.46. The number of phosphoric acid groups is 2. The molecule has 2 heterocycles. The fourth-order valence-electron chi connectivity index (χ4n) is 3.45. The number of H-pyrrole nitrogens is 1. The standard InChI is InChI=1S/C22H28ClN5O9P2/c1-3-17(11-36-38(30,31)32)26-22-25-9-13(2)20(28-22)15-8-18(24-10-15)21(29)27-19(12-37-39(33,34)35)14-5-4-6-16(23)7-14/h4-10,17,19,24H,3,11-12H2,1-2H3,(H,27,29)(H,25,26,28)(H2,30,31,32)(H2,33,34,35)/t17-,19-/m1/s1. The second kappa shape index (κ2) is 13.1. The average molecular weight is 604 g/mol. The van der Waals surface area contributed by atoms with Crippen LogP contribution in [0.3, 0.4) is 0 Å². The lowest BCUT2D eigenvalue weighted by Gasteiger charge is -2.19. The summed E-state index contributed by atoms with van der Waals surface area (Å²) in [4.78, 5) is 60.7. The molecular formula is C22H28ClN5O9P2. The molecule has 2 aromatic heterocycles. The Hall–Kier alpha value is -2.64. The third-order valence-electron chi connectivity index (χ3n) is 5.41. The van der Waals surface area contributed by atoms with Crippen LogP contribution >= 0.6 is 27.2 Å². The number of carbonyl (C=O) groups excluding carboxylic acids is 1. The number of rotatable bonds is 13. The van der Waals surface area contributed by atoms with Gasteiger partial charge in [0, 0.05) is 23.0 Å². The minimum atomic E-state index is -4.80. The second-order valence-corrected chi connectivity index (χ2v) is 11.3. The highest BCUT2D eigenvalue weighted by Crippen LogP contribution is 2.37. The number of anilines is 1. The monoisotopic (exact) mass is 603 g/mol. The maximum absolute atomic E-state index is 13.0. The van der Waals surface area contributed by atoms with Gasteiger partial charge in [-0.05, 0) is 42.7 Å². The van der Waals surface area contributed by atoms with Crippen LogP contribution in [0.1, 0.15) is 41.0 Å². The van der Waals surface area contributed by atoms with Crippen LogP contribution in [0.25, 0.3) is 11.3 Å². The van der Waals surface area contributed by atoms with Gasteiger partial charge in [0.25, 0.3) is 5.91 Å². The Morgan fingerprint density at radius 2 is 1.82 bits per heavy atom. The molecule has 17 heteroatoms. The van der Waals surface area contributed by atoms with Crippen LogP contribution in [0.15, 0.2) is 42.7 Å². The predicted octanol–water partition coefficient (Wildman–Crippen LogP) is 3.31. The van der Waals surface area contributed by atoms with E-state index in [0.29, 0.717) is 33.8 Å². The van der Waals surface area contributed by atoms with Gasteiger partial charge in [-0.3, -0.25) is 13.8 Å². The molecule has 0 aliphatic carbocycles. The highest BCUT2D eigenvalue weighted by atomic mass is 35.5. The number of aryl methyl sites for hydroxylation is 1. The number of halogens is 1. The number of benzene rings is 1. The summed E-state index contributed by atoms with van der Waals surface area (Å²) in [6.07, 6.45) is 3.59. The van der Waals surface area contributed by atoms with Crippen molar-refractivity contribution in [3.8, 4) is 11.3 Å². The largest absolute Gasteiger partial charge is 0.469 e. The van der Waals surface area contributed by atoms with Gasteiger partial charge >= 0.3 is 15.6 Å². The van der Waals surface area contributed by atoms with E-state index < -0.39 is 40.2 Å². The van der Waals surface area contributed by atoms with E-state index in [9.17, 15) is 13.9 Å². The molecule has 0 bridgehead atoms. The Bertz CT molecular complexity index is 1390. The molecule has 0 spiro atoms. The molecule has 0 unspecified atom stereocenters. The first-order chi connectivity index (χ1) is 18.2. The first-order valence-electron chi connectivity index (χ1n) is 11.5. The summed E-state index contributed by atoms with van der Waals surface area (Å²) in [5.41, 5.74) is 2.35. The number of amides is 1. The number of carbonyl (C=O) groups is 1. The van der Waals surface area contributed by atoms with Gasteiger partial charge in [0.15, 0.2) is 0 Å². The Kier molecular flexibility index (Phi) is 10.4. The van der Waals surface area contributed by atoms with Gasteiger partial charge in [0.1, 0.15) is 5.69 Å². The molecular weight excluding hydrogens is 576 g/mol. The van der Waals surface area contributed by atoms with Crippen molar-refractivity contribution < 1.29 is 42.5 Å². The van der Waals surface area contributed by atoms with E-state index in [-0.39, 0.29) is 18.2 Å². The van der Waals surface area contributed by atoms with Crippen LogP contribution in [0, 0.1) is 6.92 Å². The van der Waals surface area contributed by atoms with E-state index >= 15 is 0 Å². The van der Waals surface area contributed by atoms with Gasteiger partial charge in [-0.25, -0.2) is 19.1 Å². The fourth-order valence-corrected chi connectivity index (χ4v) is 4.37. The number of aromatic nitrogens is 3. The van der Waals surface area contributed by atoms with E-state index in [1.54, 1.807) is 56.6 Å². The van der Waals surface area contributed by atoms with Crippen LogP contribution < -0.4 is 10.6 Å². The third kappa shape index (κ3) is 9.80. The zero-order chi connectivity index (χ0) is 28.8. The van der Waals surface area contributed by atoms with E-state index in [1.807, 2.05) is 0 Å². The van der Waals surface area contributed by atoms with Gasteiger partial charge in [0.2, 0.25) is 5.95 Å². The second-order valence-electron chi connectivity index (χ2n) is 8.43. The van der Waals surface area contributed by atoms with Crippen molar-refractivity contribution in [1.29, 1.82) is 0 Å². The molecule has 3 rings (SSSR count). The molecule has 7 N–H and O–H groups in total. The first-order valence-corrected chi connectivity index (χ1v) is 14.9. The molecule has 14 nitrogen and oxygen atoms in total. The van der Waals surface area contributed by atoms with Gasteiger partial charge in [-0.15, -0.1) is 0 Å². The molecule has 3 aromatic rings. The lowest BCUT2D eigenvalue weighted by atomic mass is 10.1. The lowest BCUT2D eigenvalue weighted by molar-refractivity contribution is 0.0904. The van der Waals surface area contributed by atoms with Crippen molar-refractivity contribution in [3.63, 3.8) is 0 Å². The molecule has 1 amide bonds. The molecule has 212 valence electrons. The summed E-state index contributed by atoms with van der Waals surface area (Å²) in [7, 11) is -9.43. The van der Waals surface area contributed by atoms with Gasteiger partial charge in [0.05, 0.1) is 31.0 Å². The summed E-state index contributed by atoms with van der Waals surface area (Å²) in [6.45, 7) is 2.80. The van der Waals surface area contributed by atoms with Crippen molar-refractivity contribution in [2.45, 2.75) is 32.4 Å². The van der Waals surface area contributed by atoms with Gasteiger partial charge in [-0.2, -0.15) is 0 Å². The smallest absolute Gasteiger partial charge is 0.357 e. The molecule has 0 radical (unpaired) electrons. The zero-order valence-electron chi connectivity index (χ0n) is 20.8. The molecule has 0 saturated heterocycles. The third-order valence-corrected chi connectivity index (χ3v) is 6.61. The topological polar surface area (TPSA) is 216 Å². The van der Waals surface area contributed by atoms with Crippen molar-refractivity contribution in [3.05, 3.63) is 64.6 Å². The Morgan fingerprint density at radius 1 is 1.13 bits per heavy atom. The number of hydrogen-bond donors (Lipinski definition) is 7. The maximum atomic E-state index is 13.0. The molecule has 0 saturated carbocycles. The minimum absolute atomic E-state index is 0.141. The number of nitrogens with one attached hydrogen (secondary N) is 3. The fraction of sp³-hybridized carbons (Fsp3) is 0.318. The predicted molar refractivity (Wildman–Crippen MR) is 142 cm³/mol. The molecule has 0 aliphatic heterocycles. The number of aromatic amines is 1. The van der Waals surface area contributed by atoms with Gasteiger partial charge < -0.3 is 35.2 Å². The van der Waals surface area contributed by atoms with Crippen LogP contribution in [0.5, 0.6) is 0 Å². The Morgan fingerprint density at radius 3 is 2.46 bits per heavy atom. The van der Waals surface area contributed by atoms with E-state index in [4.69, 9.17) is 31.2 Å². The summed E-state index contributed by atoms with van der Waals surface area (Å²) >= 11 is 6.04. The van der Waals surface area contributed by atoms with E-state index in [1.165, 1.54) is 0 Å². The summed E-state index contributed by atoms with van der Waals surface area (Å²) < 4.78 is 31.5. The van der Waals surface area contributed by atoms with E-state index in [2.05, 4.69) is 34.6 Å². The molecule has 0 fully saturated rings. The average Bonchev–Trinajstić information content (AvgIpc) is 3.34. The number of phosphoric ester groups is 2. The highest BCUT2D eigenvalue weighted by Gasteiger charge is 2.23. The number of nitrogens with zero attached hydrogens (tertiary/aromatic N) is 2. The van der Waals surface area contributed by atoms with Crippen LogP contribution in [0.2, 0.25) is 5.02 Å². The molecule has 1 aromatic carbocycles. The van der Waals surface area contributed by atoms with Crippen molar-refractivity contribution in [2.24, 2.45) is 0 Å². The van der Waals surface area contributed by atoms with Crippen LogP contribution in [0.4, 0.5) is 5.95 Å². The SMILES string of the molecule is CC[C@H](COP(=O)(O)O)Nc1ncc(C)c(-c2c[nH]c(C(=O)N[C@H](COP(=O)(O)O)c3cccc(Cl)c3)c2)n1. The van der Waals surface area contributed by atoms with Crippen molar-refractivity contribution in [2.75, 3.05) is 18.5 Å². The quantitative estimate of drug-likeness (QED) is 0.140. The minimum Gasteiger partial charge on any atom is -0.357 e. The lowest BCUT2D eigenvalue weighted by Crippen LogP contribution is -2.31. The molecule has 2 atom stereocenters. The van der Waals surface area contributed by atoms with Gasteiger partial charge in [-0.1, -0.05) is 30.7 Å². The van der Waals surface area contributed by atoms with Crippen LogP contribution in [-0.4, -0.2) is 59.7 Å². The summed E-state index contributed by atoms with van der Waals surface area (Å²) in [5.74, 6) is -0.384. The van der Waals surface area contributed by atoms with Crippen molar-refractivity contribution in [1.82, 2.24) is 20.3 Å². The summed E-state index contributed by atoms with van der Waals surface area (Å²) in [5, 5.41) is 6.02. The maximum Gasteiger partial charge on any atom is 0.469 e. The first kappa shape index (κ1) is 30.9. The van der Waals surface area contributed by atoms with Crippen molar-refractivity contribution >= 4 is 39.1 Å². The number of hydrogen-bond acceptors (Lipinski definition) is 8.